The summed E-state index contributed by atoms with van der Waals surface area (Å²) in [6.45, 7) is 0. The molecule has 0 aromatic heterocycles. The fourth-order valence-corrected chi connectivity index (χ4v) is 3.63. The molecule has 0 fully saturated rings. The molecule has 0 aliphatic heterocycles. The summed E-state index contributed by atoms with van der Waals surface area (Å²) in [6, 6.07) is -0.681. The molecule has 0 aliphatic carbocycles. The second-order valence-corrected chi connectivity index (χ2v) is 8.07. The van der Waals surface area contributed by atoms with Crippen molar-refractivity contribution in [3.63, 3.8) is 0 Å². The first-order valence-corrected chi connectivity index (χ1v) is 9.93. The van der Waals surface area contributed by atoms with Gasteiger partial charge in [-0.1, -0.05) is 0 Å². The first-order chi connectivity index (χ1) is 14.0. The Morgan fingerprint density at radius 1 is 0.645 bits per heavy atom. The maximum atomic E-state index is 13.7. The van der Waals surface area contributed by atoms with Crippen molar-refractivity contribution in [1.82, 2.24) is 0 Å². The maximum Gasteiger partial charge on any atom is 0.347 e. The SMILES string of the molecule is O=C(OC(=O)c1cc(F)c(F)c(F)c1S(=O)(=O)O)c1cc(F)c(F)c(F)c1S(=O)(=O)O. The van der Waals surface area contributed by atoms with E-state index in [2.05, 4.69) is 4.74 Å². The van der Waals surface area contributed by atoms with Gasteiger partial charge in [0, 0.05) is 0 Å². The van der Waals surface area contributed by atoms with E-state index in [0.29, 0.717) is 0 Å². The first-order valence-electron chi connectivity index (χ1n) is 7.05. The Bertz CT molecular complexity index is 1250. The number of rotatable bonds is 4. The van der Waals surface area contributed by atoms with Crippen LogP contribution in [0.2, 0.25) is 0 Å². The van der Waals surface area contributed by atoms with E-state index in [1.807, 2.05) is 0 Å². The monoisotopic (exact) mass is 494 g/mol. The number of benzene rings is 2. The van der Waals surface area contributed by atoms with E-state index >= 15 is 0 Å². The molecular formula is C14H4F6O9S2. The average molecular weight is 494 g/mol. The topological polar surface area (TPSA) is 152 Å². The fourth-order valence-electron chi connectivity index (χ4n) is 2.16. The predicted octanol–water partition coefficient (Wildman–Crippen LogP) is 2.01. The number of hydrogen-bond donors (Lipinski definition) is 2. The van der Waals surface area contributed by atoms with Gasteiger partial charge in [0.25, 0.3) is 20.2 Å². The zero-order valence-electron chi connectivity index (χ0n) is 14.0. The summed E-state index contributed by atoms with van der Waals surface area (Å²) >= 11 is 0. The van der Waals surface area contributed by atoms with Gasteiger partial charge in [0.2, 0.25) is 0 Å². The van der Waals surface area contributed by atoms with Crippen LogP contribution in [-0.4, -0.2) is 37.9 Å². The molecule has 2 rings (SSSR count). The van der Waals surface area contributed by atoms with Gasteiger partial charge in [0.05, 0.1) is 11.1 Å². The van der Waals surface area contributed by atoms with E-state index < -0.39 is 88.0 Å². The fraction of sp³-hybridized carbons (Fsp3) is 0. The Morgan fingerprint density at radius 2 is 0.935 bits per heavy atom. The molecule has 2 N–H and O–H groups in total. The highest BCUT2D eigenvalue weighted by molar-refractivity contribution is 7.86. The number of ether oxygens (including phenoxy) is 1. The molecular weight excluding hydrogens is 490 g/mol. The zero-order valence-corrected chi connectivity index (χ0v) is 15.6. The lowest BCUT2D eigenvalue weighted by atomic mass is 10.2. The zero-order chi connectivity index (χ0) is 24.0. The van der Waals surface area contributed by atoms with Gasteiger partial charge in [-0.25, -0.2) is 35.9 Å². The van der Waals surface area contributed by atoms with Crippen molar-refractivity contribution < 1.29 is 66.6 Å². The lowest BCUT2D eigenvalue weighted by Gasteiger charge is -2.11. The van der Waals surface area contributed by atoms with Crippen molar-refractivity contribution >= 4 is 32.2 Å². The lowest BCUT2D eigenvalue weighted by molar-refractivity contribution is 0.0388. The van der Waals surface area contributed by atoms with Crippen LogP contribution in [0.1, 0.15) is 20.7 Å². The third kappa shape index (κ3) is 4.53. The van der Waals surface area contributed by atoms with Crippen molar-refractivity contribution in [3.05, 3.63) is 58.2 Å². The number of carbonyl (C=O) groups excluding carboxylic acids is 2. The molecule has 0 atom stereocenters. The molecule has 0 amide bonds. The van der Waals surface area contributed by atoms with E-state index in [4.69, 9.17) is 9.11 Å². The van der Waals surface area contributed by atoms with Gasteiger partial charge in [-0.15, -0.1) is 0 Å². The molecule has 0 saturated heterocycles. The molecule has 0 spiro atoms. The average Bonchev–Trinajstić information content (AvgIpc) is 2.60. The molecule has 2 aromatic carbocycles. The molecule has 0 bridgehead atoms. The normalized spacial score (nSPS) is 12.0. The summed E-state index contributed by atoms with van der Waals surface area (Å²) in [5.41, 5.74) is -3.66. The Labute approximate surface area is 167 Å². The van der Waals surface area contributed by atoms with E-state index in [9.17, 15) is 52.8 Å². The largest absolute Gasteiger partial charge is 0.386 e. The molecule has 2 aromatic rings. The number of halogens is 6. The van der Waals surface area contributed by atoms with Crippen molar-refractivity contribution in [2.45, 2.75) is 9.79 Å². The molecule has 0 aliphatic rings. The summed E-state index contributed by atoms with van der Waals surface area (Å²) in [5, 5.41) is 0. The summed E-state index contributed by atoms with van der Waals surface area (Å²) in [7, 11) is -11.6. The quantitative estimate of drug-likeness (QED) is 0.214. The van der Waals surface area contributed by atoms with Crippen molar-refractivity contribution in [2.24, 2.45) is 0 Å². The molecule has 17 heteroatoms. The minimum atomic E-state index is -5.80. The minimum absolute atomic E-state index is 0.341. The van der Waals surface area contributed by atoms with Crippen LogP contribution in [0.5, 0.6) is 0 Å². The van der Waals surface area contributed by atoms with Gasteiger partial charge >= 0.3 is 11.9 Å². The van der Waals surface area contributed by atoms with Crippen LogP contribution in [0.4, 0.5) is 26.3 Å². The van der Waals surface area contributed by atoms with Gasteiger partial charge in [-0.2, -0.15) is 16.8 Å². The molecule has 31 heavy (non-hydrogen) atoms. The third-order valence-corrected chi connectivity index (χ3v) is 5.21. The number of esters is 2. The Kier molecular flexibility index (Phi) is 6.19. The molecule has 0 radical (unpaired) electrons. The highest BCUT2D eigenvalue weighted by Gasteiger charge is 2.35. The van der Waals surface area contributed by atoms with Gasteiger partial charge < -0.3 is 4.74 Å². The predicted molar refractivity (Wildman–Crippen MR) is 82.0 cm³/mol. The lowest BCUT2D eigenvalue weighted by Crippen LogP contribution is -2.21. The molecule has 9 nitrogen and oxygen atoms in total. The van der Waals surface area contributed by atoms with Gasteiger partial charge in [-0.3, -0.25) is 9.11 Å². The molecule has 0 saturated carbocycles. The Balaban J connectivity index is 2.66. The second-order valence-electron chi connectivity index (χ2n) is 5.35. The number of hydrogen-bond acceptors (Lipinski definition) is 7. The van der Waals surface area contributed by atoms with Crippen molar-refractivity contribution in [1.29, 1.82) is 0 Å². The van der Waals surface area contributed by atoms with E-state index in [-0.39, 0.29) is 12.1 Å². The number of carbonyl (C=O) groups is 2. The molecule has 0 unspecified atom stereocenters. The summed E-state index contributed by atoms with van der Waals surface area (Å²) in [4.78, 5) is 19.5. The highest BCUT2D eigenvalue weighted by atomic mass is 32.2. The summed E-state index contributed by atoms with van der Waals surface area (Å²) in [5.74, 6) is -19.3. The highest BCUT2D eigenvalue weighted by Crippen LogP contribution is 2.28. The van der Waals surface area contributed by atoms with E-state index in [1.54, 1.807) is 0 Å². The summed E-state index contributed by atoms with van der Waals surface area (Å²) < 4.78 is 147. The van der Waals surface area contributed by atoms with Crippen LogP contribution in [0, 0.1) is 34.9 Å². The minimum Gasteiger partial charge on any atom is -0.386 e. The van der Waals surface area contributed by atoms with Crippen molar-refractivity contribution in [2.75, 3.05) is 0 Å². The van der Waals surface area contributed by atoms with Crippen molar-refractivity contribution in [3.8, 4) is 0 Å². The van der Waals surface area contributed by atoms with Crippen LogP contribution in [-0.2, 0) is 25.0 Å². The standard InChI is InChI=1S/C14H4F6O9S2/c15-5-1-3(11(30(23,24)25)9(19)7(5)17)13(21)29-14(22)4-2-6(16)8(18)10(20)12(4)31(26,27)28/h1-2H,(H,23,24,25)(H,26,27,28). The van der Waals surface area contributed by atoms with Crippen LogP contribution >= 0.6 is 0 Å². The Morgan fingerprint density at radius 3 is 1.19 bits per heavy atom. The molecule has 168 valence electrons. The van der Waals surface area contributed by atoms with Gasteiger partial charge in [-0.05, 0) is 12.1 Å². The van der Waals surface area contributed by atoms with Gasteiger partial charge in [0.1, 0.15) is 9.79 Å². The Hall–Kier alpha value is -3.02. The van der Waals surface area contributed by atoms with Gasteiger partial charge in [0.15, 0.2) is 34.9 Å². The van der Waals surface area contributed by atoms with E-state index in [1.165, 1.54) is 0 Å². The maximum absolute atomic E-state index is 13.7. The summed E-state index contributed by atoms with van der Waals surface area (Å²) in [6.07, 6.45) is 0. The van der Waals surface area contributed by atoms with Crippen LogP contribution in [0.15, 0.2) is 21.9 Å². The third-order valence-electron chi connectivity index (χ3n) is 3.38. The smallest absolute Gasteiger partial charge is 0.347 e. The first kappa shape index (κ1) is 24.3. The van der Waals surface area contributed by atoms with Crippen LogP contribution in [0.25, 0.3) is 0 Å². The van der Waals surface area contributed by atoms with Crippen LogP contribution in [0.3, 0.4) is 0 Å². The second kappa shape index (κ2) is 7.91. The van der Waals surface area contributed by atoms with E-state index in [0.717, 1.165) is 0 Å². The van der Waals surface area contributed by atoms with Crippen LogP contribution < -0.4 is 0 Å². The molecule has 0 heterocycles.